The highest BCUT2D eigenvalue weighted by Crippen LogP contribution is 2.38. The largest absolute Gasteiger partial charge is 0.384 e. The zero-order valence-corrected chi connectivity index (χ0v) is 20.5. The van der Waals surface area contributed by atoms with Crippen LogP contribution < -0.4 is 10.9 Å². The van der Waals surface area contributed by atoms with Crippen molar-refractivity contribution in [2.75, 3.05) is 5.32 Å². The van der Waals surface area contributed by atoms with Crippen molar-refractivity contribution in [3.8, 4) is 5.82 Å². The fourth-order valence-electron chi connectivity index (χ4n) is 5.55. The standard InChI is InChI=1S/C28H30N6O2/c1-3-15-33-26(35)22-17-29-27(30-21-11-9-18-7-5-6-8-20(18)16-21)32-25(22)34(33)23-12-10-19-13-14-28(36,4-2)24(19)31-23/h3,9-12,16-17,36H,1,4-8,13-15H2,2H3,(H,29,30,32)/t28-/m1/s1. The molecule has 0 amide bonds. The van der Waals surface area contributed by atoms with Crippen LogP contribution in [0.3, 0.4) is 0 Å². The summed E-state index contributed by atoms with van der Waals surface area (Å²) in [5, 5.41) is 14.8. The molecule has 6 rings (SSSR count). The molecule has 8 heteroatoms. The van der Waals surface area contributed by atoms with E-state index in [1.807, 2.05) is 19.1 Å². The number of aromatic nitrogens is 5. The van der Waals surface area contributed by atoms with Crippen LogP contribution in [0.5, 0.6) is 0 Å². The zero-order chi connectivity index (χ0) is 24.9. The predicted molar refractivity (Wildman–Crippen MR) is 140 cm³/mol. The number of fused-ring (bicyclic) bond motifs is 3. The van der Waals surface area contributed by atoms with Gasteiger partial charge in [0.15, 0.2) is 11.5 Å². The van der Waals surface area contributed by atoms with E-state index in [1.54, 1.807) is 21.6 Å². The molecule has 0 unspecified atom stereocenters. The second kappa shape index (κ2) is 8.71. The third-order valence-corrected chi connectivity index (χ3v) is 7.60. The number of pyridine rings is 1. The van der Waals surface area contributed by atoms with Crippen LogP contribution in [0.15, 0.2) is 54.0 Å². The smallest absolute Gasteiger partial charge is 0.278 e. The number of rotatable bonds is 6. The van der Waals surface area contributed by atoms with E-state index in [2.05, 4.69) is 35.1 Å². The number of benzene rings is 1. The predicted octanol–water partition coefficient (Wildman–Crippen LogP) is 4.33. The molecule has 0 radical (unpaired) electrons. The highest BCUT2D eigenvalue weighted by Gasteiger charge is 2.37. The molecule has 0 saturated carbocycles. The Kier molecular flexibility index (Phi) is 5.48. The molecule has 0 aliphatic heterocycles. The van der Waals surface area contributed by atoms with Gasteiger partial charge in [0, 0.05) is 11.9 Å². The lowest BCUT2D eigenvalue weighted by Gasteiger charge is -2.21. The highest BCUT2D eigenvalue weighted by atomic mass is 16.3. The molecule has 1 aromatic carbocycles. The van der Waals surface area contributed by atoms with E-state index in [4.69, 9.17) is 9.97 Å². The molecule has 36 heavy (non-hydrogen) atoms. The summed E-state index contributed by atoms with van der Waals surface area (Å²) >= 11 is 0. The van der Waals surface area contributed by atoms with Crippen LogP contribution in [-0.4, -0.2) is 29.4 Å². The normalized spacial score (nSPS) is 18.7. The monoisotopic (exact) mass is 482 g/mol. The van der Waals surface area contributed by atoms with E-state index in [9.17, 15) is 9.90 Å². The molecule has 1 atom stereocenters. The number of aryl methyl sites for hydroxylation is 3. The number of hydrogen-bond donors (Lipinski definition) is 2. The maximum Gasteiger partial charge on any atom is 0.278 e. The first-order valence-electron chi connectivity index (χ1n) is 12.7. The fraction of sp³-hybridized carbons (Fsp3) is 0.357. The second-order valence-electron chi connectivity index (χ2n) is 9.80. The molecule has 8 nitrogen and oxygen atoms in total. The average Bonchev–Trinajstić information content (AvgIpc) is 3.38. The Labute approximate surface area is 209 Å². The average molecular weight is 483 g/mol. The molecule has 2 aliphatic carbocycles. The second-order valence-corrected chi connectivity index (χ2v) is 9.80. The summed E-state index contributed by atoms with van der Waals surface area (Å²) in [6.45, 7) is 6.08. The maximum atomic E-state index is 13.3. The van der Waals surface area contributed by atoms with E-state index in [0.29, 0.717) is 47.9 Å². The number of anilines is 2. The minimum absolute atomic E-state index is 0.210. The van der Waals surface area contributed by atoms with Gasteiger partial charge in [0.1, 0.15) is 11.0 Å². The van der Waals surface area contributed by atoms with Gasteiger partial charge in [-0.2, -0.15) is 4.98 Å². The first-order valence-corrected chi connectivity index (χ1v) is 12.7. The van der Waals surface area contributed by atoms with Gasteiger partial charge in [-0.1, -0.05) is 25.1 Å². The van der Waals surface area contributed by atoms with Crippen molar-refractivity contribution < 1.29 is 5.11 Å². The van der Waals surface area contributed by atoms with Crippen molar-refractivity contribution >= 4 is 22.7 Å². The van der Waals surface area contributed by atoms with Crippen LogP contribution >= 0.6 is 0 Å². The summed E-state index contributed by atoms with van der Waals surface area (Å²) in [5.74, 6) is 0.948. The van der Waals surface area contributed by atoms with E-state index < -0.39 is 5.60 Å². The molecule has 184 valence electrons. The van der Waals surface area contributed by atoms with Crippen LogP contribution in [-0.2, 0) is 31.4 Å². The molecule has 4 aromatic rings. The Hall–Kier alpha value is -3.78. The van der Waals surface area contributed by atoms with E-state index in [1.165, 1.54) is 24.0 Å². The molecule has 3 heterocycles. The SMILES string of the molecule is C=CCn1c(=O)c2cnc(Nc3ccc4c(c3)CCCC4)nc2n1-c1ccc2c(n1)[C@@](O)(CC)CC2. The number of allylic oxidation sites excluding steroid dienone is 1. The lowest BCUT2D eigenvalue weighted by molar-refractivity contribution is 0.0306. The number of nitrogens with zero attached hydrogens (tertiary/aromatic N) is 5. The summed E-state index contributed by atoms with van der Waals surface area (Å²) < 4.78 is 3.28. The molecule has 2 N–H and O–H groups in total. The van der Waals surface area contributed by atoms with Gasteiger partial charge in [0.25, 0.3) is 5.56 Å². The van der Waals surface area contributed by atoms with Gasteiger partial charge < -0.3 is 10.4 Å². The van der Waals surface area contributed by atoms with E-state index in [-0.39, 0.29) is 5.56 Å². The quantitative estimate of drug-likeness (QED) is 0.397. The summed E-state index contributed by atoms with van der Waals surface area (Å²) in [5.41, 5.74) is 4.73. The molecule has 3 aromatic heterocycles. The maximum absolute atomic E-state index is 13.3. The van der Waals surface area contributed by atoms with Crippen molar-refractivity contribution in [1.82, 2.24) is 24.3 Å². The summed E-state index contributed by atoms with van der Waals surface area (Å²) in [6, 6.07) is 10.3. The van der Waals surface area contributed by atoms with Gasteiger partial charge >= 0.3 is 0 Å². The van der Waals surface area contributed by atoms with Crippen LogP contribution in [0, 0.1) is 0 Å². The minimum Gasteiger partial charge on any atom is -0.384 e. The van der Waals surface area contributed by atoms with E-state index in [0.717, 1.165) is 30.5 Å². The summed E-state index contributed by atoms with van der Waals surface area (Å²) in [6.07, 6.45) is 9.93. The van der Waals surface area contributed by atoms with Crippen molar-refractivity contribution in [2.24, 2.45) is 0 Å². The molecule has 2 aliphatic rings. The summed E-state index contributed by atoms with van der Waals surface area (Å²) in [7, 11) is 0. The van der Waals surface area contributed by atoms with Crippen LogP contribution in [0.25, 0.3) is 16.9 Å². The van der Waals surface area contributed by atoms with Crippen LogP contribution in [0.1, 0.15) is 55.0 Å². The Morgan fingerprint density at radius 1 is 1.11 bits per heavy atom. The van der Waals surface area contributed by atoms with Crippen molar-refractivity contribution in [2.45, 2.75) is 64.0 Å². The zero-order valence-electron chi connectivity index (χ0n) is 20.5. The highest BCUT2D eigenvalue weighted by molar-refractivity contribution is 5.77. The van der Waals surface area contributed by atoms with Gasteiger partial charge in [0.2, 0.25) is 5.95 Å². The fourth-order valence-corrected chi connectivity index (χ4v) is 5.55. The molecular weight excluding hydrogens is 452 g/mol. The lowest BCUT2D eigenvalue weighted by atomic mass is 9.91. The molecule has 0 bridgehead atoms. The minimum atomic E-state index is -0.952. The van der Waals surface area contributed by atoms with Crippen LogP contribution in [0.2, 0.25) is 0 Å². The number of hydrogen-bond acceptors (Lipinski definition) is 6. The van der Waals surface area contributed by atoms with Gasteiger partial charge in [0.05, 0.1) is 12.2 Å². The van der Waals surface area contributed by atoms with Crippen molar-refractivity contribution in [3.05, 3.63) is 81.9 Å². The molecular formula is C28H30N6O2. The Bertz CT molecular complexity index is 1550. The Morgan fingerprint density at radius 3 is 2.72 bits per heavy atom. The molecule has 0 fully saturated rings. The third kappa shape index (κ3) is 3.64. The van der Waals surface area contributed by atoms with E-state index >= 15 is 0 Å². The molecule has 0 saturated heterocycles. The number of nitrogens with one attached hydrogen (secondary N) is 1. The Balaban J connectivity index is 1.46. The summed E-state index contributed by atoms with van der Waals surface area (Å²) in [4.78, 5) is 27.3. The van der Waals surface area contributed by atoms with Gasteiger partial charge in [-0.15, -0.1) is 6.58 Å². The number of aliphatic hydroxyl groups is 1. The van der Waals surface area contributed by atoms with Gasteiger partial charge in [-0.25, -0.2) is 19.3 Å². The third-order valence-electron chi connectivity index (χ3n) is 7.60. The van der Waals surface area contributed by atoms with Crippen molar-refractivity contribution in [3.63, 3.8) is 0 Å². The first kappa shape index (κ1) is 22.7. The first-order chi connectivity index (χ1) is 17.5. The van der Waals surface area contributed by atoms with Crippen molar-refractivity contribution in [1.29, 1.82) is 0 Å². The lowest BCUT2D eigenvalue weighted by Crippen LogP contribution is -2.25. The Morgan fingerprint density at radius 2 is 1.92 bits per heavy atom. The van der Waals surface area contributed by atoms with Gasteiger partial charge in [-0.05, 0) is 79.8 Å². The topological polar surface area (TPSA) is 97.9 Å². The van der Waals surface area contributed by atoms with Crippen LogP contribution in [0.4, 0.5) is 11.6 Å². The van der Waals surface area contributed by atoms with Gasteiger partial charge in [-0.3, -0.25) is 4.79 Å². The molecule has 0 spiro atoms.